The van der Waals surface area contributed by atoms with Crippen LogP contribution in [0.4, 0.5) is 11.4 Å². The van der Waals surface area contributed by atoms with Crippen LogP contribution in [0.15, 0.2) is 48.7 Å². The molecule has 31 heavy (non-hydrogen) atoms. The van der Waals surface area contributed by atoms with Crippen molar-refractivity contribution < 1.29 is 14.3 Å². The van der Waals surface area contributed by atoms with Gasteiger partial charge in [-0.2, -0.15) is 5.26 Å². The highest BCUT2D eigenvalue weighted by atomic mass is 16.5. The van der Waals surface area contributed by atoms with Crippen molar-refractivity contribution in [2.75, 3.05) is 37.5 Å². The number of carbonyl (C=O) groups is 1. The molecule has 0 bridgehead atoms. The van der Waals surface area contributed by atoms with E-state index in [1.807, 2.05) is 42.5 Å². The van der Waals surface area contributed by atoms with Crippen LogP contribution in [0.25, 0.3) is 10.9 Å². The lowest BCUT2D eigenvalue weighted by molar-refractivity contribution is -0.120. The third kappa shape index (κ3) is 4.24. The van der Waals surface area contributed by atoms with Crippen molar-refractivity contribution in [3.63, 3.8) is 0 Å². The van der Waals surface area contributed by atoms with E-state index in [1.165, 1.54) is 0 Å². The minimum Gasteiger partial charge on any atom is -0.497 e. The average Bonchev–Trinajstić information content (AvgIpc) is 2.83. The molecular weight excluding hydrogens is 392 g/mol. The summed E-state index contributed by atoms with van der Waals surface area (Å²) in [4.78, 5) is 19.4. The van der Waals surface area contributed by atoms with Gasteiger partial charge in [-0.15, -0.1) is 0 Å². The number of hydrogen-bond acceptors (Lipinski definition) is 6. The van der Waals surface area contributed by atoms with Crippen LogP contribution in [0.1, 0.15) is 18.4 Å². The molecule has 3 aromatic rings. The second kappa shape index (κ2) is 8.92. The van der Waals surface area contributed by atoms with Crippen LogP contribution >= 0.6 is 0 Å². The van der Waals surface area contributed by atoms with Gasteiger partial charge in [0.25, 0.3) is 0 Å². The van der Waals surface area contributed by atoms with E-state index in [9.17, 15) is 10.1 Å². The number of carbonyl (C=O) groups excluding carboxylic acids is 1. The molecule has 158 valence electrons. The van der Waals surface area contributed by atoms with E-state index < -0.39 is 0 Å². The molecule has 1 N–H and O–H groups in total. The number of nitrogens with one attached hydrogen (secondary N) is 1. The first-order chi connectivity index (χ1) is 15.1. The summed E-state index contributed by atoms with van der Waals surface area (Å²) in [6, 6.07) is 15.3. The summed E-state index contributed by atoms with van der Waals surface area (Å²) < 4.78 is 10.6. The van der Waals surface area contributed by atoms with Gasteiger partial charge in [0.2, 0.25) is 5.91 Å². The van der Waals surface area contributed by atoms with Gasteiger partial charge in [-0.05, 0) is 43.2 Å². The molecule has 4 rings (SSSR count). The first-order valence-corrected chi connectivity index (χ1v) is 10.2. The summed E-state index contributed by atoms with van der Waals surface area (Å²) >= 11 is 0. The summed E-state index contributed by atoms with van der Waals surface area (Å²) in [7, 11) is 3.22. The van der Waals surface area contributed by atoms with Crippen LogP contribution in [-0.2, 0) is 4.79 Å². The Morgan fingerprint density at radius 3 is 2.58 bits per heavy atom. The van der Waals surface area contributed by atoms with Crippen molar-refractivity contribution >= 4 is 28.2 Å². The maximum Gasteiger partial charge on any atom is 0.227 e. The number of nitrogens with zero attached hydrogens (tertiary/aromatic N) is 3. The number of aromatic nitrogens is 1. The third-order valence-electron chi connectivity index (χ3n) is 5.69. The molecule has 1 aliphatic heterocycles. The molecule has 0 atom stereocenters. The summed E-state index contributed by atoms with van der Waals surface area (Å²) in [5.74, 6) is 1.35. The Morgan fingerprint density at radius 2 is 1.87 bits per heavy atom. The second-order valence-corrected chi connectivity index (χ2v) is 7.50. The highest BCUT2D eigenvalue weighted by molar-refractivity contribution is 5.96. The fraction of sp³-hybridized carbons (Fsp3) is 0.292. The lowest BCUT2D eigenvalue weighted by atomic mass is 9.94. The van der Waals surface area contributed by atoms with Crippen molar-refractivity contribution in [1.82, 2.24) is 4.98 Å². The van der Waals surface area contributed by atoms with Crippen LogP contribution in [0.3, 0.4) is 0 Å². The van der Waals surface area contributed by atoms with Gasteiger partial charge in [-0.3, -0.25) is 9.78 Å². The van der Waals surface area contributed by atoms with Crippen LogP contribution in [-0.4, -0.2) is 38.2 Å². The van der Waals surface area contributed by atoms with Gasteiger partial charge >= 0.3 is 0 Å². The topological polar surface area (TPSA) is 87.5 Å². The number of pyridine rings is 1. The van der Waals surface area contributed by atoms with E-state index in [0.29, 0.717) is 37.2 Å². The molecule has 0 radical (unpaired) electrons. The summed E-state index contributed by atoms with van der Waals surface area (Å²) in [6.45, 7) is 1.36. The van der Waals surface area contributed by atoms with Gasteiger partial charge < -0.3 is 19.7 Å². The molecule has 7 nitrogen and oxygen atoms in total. The Hall–Kier alpha value is -3.79. The third-order valence-corrected chi connectivity index (χ3v) is 5.69. The number of nitriles is 1. The standard InChI is InChI=1S/C24H24N4O3/c1-30-19-5-3-4-18(12-19)27-24(29)16-8-10-28(11-9-16)23-17(14-25)15-26-22-7-6-20(31-2)13-21(22)23/h3-7,12-13,15-16H,8-11H2,1-2H3,(H,27,29). The molecule has 2 aromatic carbocycles. The number of hydrogen-bond donors (Lipinski definition) is 1. The number of rotatable bonds is 5. The molecule has 0 aliphatic carbocycles. The molecule has 0 spiro atoms. The van der Waals surface area contributed by atoms with Crippen LogP contribution in [0.2, 0.25) is 0 Å². The Bertz CT molecular complexity index is 1150. The van der Waals surface area contributed by atoms with E-state index in [2.05, 4.69) is 21.3 Å². The molecule has 7 heteroatoms. The van der Waals surface area contributed by atoms with Gasteiger partial charge in [0.1, 0.15) is 17.6 Å². The first-order valence-electron chi connectivity index (χ1n) is 10.2. The molecule has 1 aromatic heterocycles. The minimum atomic E-state index is -0.0874. The predicted octanol–water partition coefficient (Wildman–Crippen LogP) is 3.98. The maximum atomic E-state index is 12.8. The summed E-state index contributed by atoms with van der Waals surface area (Å²) in [5.41, 5.74) is 2.93. The van der Waals surface area contributed by atoms with E-state index >= 15 is 0 Å². The molecule has 2 heterocycles. The second-order valence-electron chi connectivity index (χ2n) is 7.50. The molecule has 0 saturated carbocycles. The Kier molecular flexibility index (Phi) is 5.89. The van der Waals surface area contributed by atoms with Crippen LogP contribution < -0.4 is 19.7 Å². The van der Waals surface area contributed by atoms with Gasteiger partial charge in [0, 0.05) is 42.3 Å². The fourth-order valence-electron chi connectivity index (χ4n) is 4.02. The highest BCUT2D eigenvalue weighted by Gasteiger charge is 2.27. The largest absolute Gasteiger partial charge is 0.497 e. The number of ether oxygens (including phenoxy) is 2. The van der Waals surface area contributed by atoms with E-state index in [1.54, 1.807) is 20.4 Å². The molecule has 0 unspecified atom stereocenters. The van der Waals surface area contributed by atoms with E-state index in [-0.39, 0.29) is 11.8 Å². The molecule has 1 fully saturated rings. The quantitative estimate of drug-likeness (QED) is 0.677. The zero-order chi connectivity index (χ0) is 21.8. The predicted molar refractivity (Wildman–Crippen MR) is 120 cm³/mol. The van der Waals surface area contributed by atoms with Crippen molar-refractivity contribution in [3.8, 4) is 17.6 Å². The highest BCUT2D eigenvalue weighted by Crippen LogP contribution is 2.34. The number of methoxy groups -OCH3 is 2. The Balaban J connectivity index is 1.51. The normalized spacial score (nSPS) is 14.2. The fourth-order valence-corrected chi connectivity index (χ4v) is 4.02. The first kappa shape index (κ1) is 20.5. The van der Waals surface area contributed by atoms with E-state index in [0.717, 1.165) is 28.0 Å². The van der Waals surface area contributed by atoms with Crippen molar-refractivity contribution in [3.05, 3.63) is 54.2 Å². The zero-order valence-electron chi connectivity index (χ0n) is 17.6. The molecule has 1 aliphatic rings. The summed E-state index contributed by atoms with van der Waals surface area (Å²) in [5, 5.41) is 13.5. The smallest absolute Gasteiger partial charge is 0.227 e. The van der Waals surface area contributed by atoms with Gasteiger partial charge in [-0.25, -0.2) is 0 Å². The number of piperidine rings is 1. The van der Waals surface area contributed by atoms with Crippen molar-refractivity contribution in [2.45, 2.75) is 12.8 Å². The Morgan fingerprint density at radius 1 is 1.13 bits per heavy atom. The van der Waals surface area contributed by atoms with Gasteiger partial charge in [0.05, 0.1) is 31.0 Å². The molecule has 1 saturated heterocycles. The van der Waals surface area contributed by atoms with Crippen molar-refractivity contribution in [1.29, 1.82) is 5.26 Å². The molecule has 1 amide bonds. The Labute approximate surface area is 181 Å². The maximum absolute atomic E-state index is 12.8. The number of amides is 1. The molecular formula is C24H24N4O3. The average molecular weight is 416 g/mol. The van der Waals surface area contributed by atoms with Gasteiger partial charge in [0.15, 0.2) is 0 Å². The van der Waals surface area contributed by atoms with Crippen molar-refractivity contribution in [2.24, 2.45) is 5.92 Å². The number of fused-ring (bicyclic) bond motifs is 1. The summed E-state index contributed by atoms with van der Waals surface area (Å²) in [6.07, 6.45) is 3.02. The number of anilines is 2. The lowest BCUT2D eigenvalue weighted by Crippen LogP contribution is -2.38. The SMILES string of the molecule is COc1cccc(NC(=O)C2CCN(c3c(C#N)cnc4ccc(OC)cc34)CC2)c1. The van der Waals surface area contributed by atoms with E-state index in [4.69, 9.17) is 9.47 Å². The minimum absolute atomic E-state index is 0.00895. The van der Waals surface area contributed by atoms with Crippen LogP contribution in [0.5, 0.6) is 11.5 Å². The number of benzene rings is 2. The zero-order valence-corrected chi connectivity index (χ0v) is 17.6. The monoisotopic (exact) mass is 416 g/mol. The van der Waals surface area contributed by atoms with Crippen LogP contribution in [0, 0.1) is 17.2 Å². The van der Waals surface area contributed by atoms with Gasteiger partial charge in [-0.1, -0.05) is 6.07 Å². The lowest BCUT2D eigenvalue weighted by Gasteiger charge is -2.34.